The molecule has 0 bridgehead atoms. The number of nitrogens with one attached hydrogen (secondary N) is 1. The molecule has 1 aliphatic carbocycles. The average molecular weight is 268 g/mol. The molecule has 1 rings (SSSR count). The molecule has 0 aliphatic heterocycles. The van der Waals surface area contributed by atoms with Crippen molar-refractivity contribution in [2.24, 2.45) is 5.92 Å². The first-order valence-electron chi connectivity index (χ1n) is 7.40. The van der Waals surface area contributed by atoms with Crippen molar-refractivity contribution < 1.29 is 9.59 Å². The minimum absolute atomic E-state index is 0.0749. The van der Waals surface area contributed by atoms with Crippen molar-refractivity contribution in [1.82, 2.24) is 10.2 Å². The SMILES string of the molecule is CCN(CC(=O)NC(C)(C)C)C(=O)CC1CCCC1. The first-order valence-corrected chi connectivity index (χ1v) is 7.40. The summed E-state index contributed by atoms with van der Waals surface area (Å²) < 4.78 is 0. The molecular formula is C15H28N2O2. The summed E-state index contributed by atoms with van der Waals surface area (Å²) in [6.45, 7) is 8.55. The summed E-state index contributed by atoms with van der Waals surface area (Å²) in [5.41, 5.74) is -0.245. The number of carbonyl (C=O) groups is 2. The number of amides is 2. The monoisotopic (exact) mass is 268 g/mol. The zero-order chi connectivity index (χ0) is 14.5. The molecule has 0 heterocycles. The Morgan fingerprint density at radius 2 is 1.79 bits per heavy atom. The van der Waals surface area contributed by atoms with Gasteiger partial charge in [-0.05, 0) is 46.5 Å². The van der Waals surface area contributed by atoms with Gasteiger partial charge in [0.1, 0.15) is 0 Å². The highest BCUT2D eigenvalue weighted by Crippen LogP contribution is 2.27. The maximum absolute atomic E-state index is 12.2. The number of carbonyl (C=O) groups excluding carboxylic acids is 2. The van der Waals surface area contributed by atoms with Crippen molar-refractivity contribution in [2.45, 2.75) is 65.3 Å². The topological polar surface area (TPSA) is 49.4 Å². The predicted molar refractivity (Wildman–Crippen MR) is 76.7 cm³/mol. The van der Waals surface area contributed by atoms with E-state index in [9.17, 15) is 9.59 Å². The van der Waals surface area contributed by atoms with Gasteiger partial charge in [-0.15, -0.1) is 0 Å². The summed E-state index contributed by atoms with van der Waals surface area (Å²) in [7, 11) is 0. The average Bonchev–Trinajstić information content (AvgIpc) is 2.75. The minimum atomic E-state index is -0.245. The molecule has 1 fully saturated rings. The molecule has 0 aromatic heterocycles. The van der Waals surface area contributed by atoms with Crippen LogP contribution >= 0.6 is 0 Å². The molecule has 1 saturated carbocycles. The Morgan fingerprint density at radius 3 is 2.26 bits per heavy atom. The Balaban J connectivity index is 2.43. The standard InChI is InChI=1S/C15H28N2O2/c1-5-17(11-13(18)16-15(2,3)4)14(19)10-12-8-6-7-9-12/h12H,5-11H2,1-4H3,(H,16,18). The normalized spacial score (nSPS) is 16.4. The van der Waals surface area contributed by atoms with Crippen molar-refractivity contribution in [3.63, 3.8) is 0 Å². The lowest BCUT2D eigenvalue weighted by molar-refractivity contribution is -0.137. The van der Waals surface area contributed by atoms with Crippen LogP contribution in [0.4, 0.5) is 0 Å². The maximum atomic E-state index is 12.2. The molecule has 0 aromatic carbocycles. The van der Waals surface area contributed by atoms with Gasteiger partial charge in [0, 0.05) is 18.5 Å². The van der Waals surface area contributed by atoms with E-state index in [1.54, 1.807) is 4.90 Å². The number of hydrogen-bond acceptors (Lipinski definition) is 2. The lowest BCUT2D eigenvalue weighted by atomic mass is 10.0. The number of likely N-dealkylation sites (N-methyl/N-ethyl adjacent to an activating group) is 1. The minimum Gasteiger partial charge on any atom is -0.350 e. The quantitative estimate of drug-likeness (QED) is 0.832. The van der Waals surface area contributed by atoms with Gasteiger partial charge in [0.2, 0.25) is 11.8 Å². The van der Waals surface area contributed by atoms with Crippen LogP contribution in [0.25, 0.3) is 0 Å². The first-order chi connectivity index (χ1) is 8.81. The highest BCUT2D eigenvalue weighted by atomic mass is 16.2. The molecule has 0 unspecified atom stereocenters. The van der Waals surface area contributed by atoms with Crippen LogP contribution in [0.15, 0.2) is 0 Å². The third-order valence-electron chi connectivity index (χ3n) is 3.52. The Bertz CT molecular complexity index is 315. The van der Waals surface area contributed by atoms with E-state index < -0.39 is 0 Å². The molecule has 0 spiro atoms. The summed E-state index contributed by atoms with van der Waals surface area (Å²) in [5.74, 6) is 0.583. The maximum Gasteiger partial charge on any atom is 0.240 e. The van der Waals surface area contributed by atoms with Gasteiger partial charge in [-0.3, -0.25) is 9.59 Å². The molecule has 0 aromatic rings. The lowest BCUT2D eigenvalue weighted by Gasteiger charge is -2.25. The van der Waals surface area contributed by atoms with Crippen LogP contribution in [0.2, 0.25) is 0 Å². The molecule has 2 amide bonds. The van der Waals surface area contributed by atoms with Crippen LogP contribution in [0.5, 0.6) is 0 Å². The third-order valence-corrected chi connectivity index (χ3v) is 3.52. The largest absolute Gasteiger partial charge is 0.350 e. The zero-order valence-electron chi connectivity index (χ0n) is 12.8. The van der Waals surface area contributed by atoms with E-state index >= 15 is 0 Å². The fourth-order valence-corrected chi connectivity index (χ4v) is 2.60. The molecule has 0 saturated heterocycles. The fraction of sp³-hybridized carbons (Fsp3) is 0.867. The van der Waals surface area contributed by atoms with E-state index in [0.29, 0.717) is 18.9 Å². The summed E-state index contributed by atoms with van der Waals surface area (Å²) in [5, 5.41) is 2.90. The molecule has 110 valence electrons. The molecule has 1 aliphatic rings. The van der Waals surface area contributed by atoms with Crippen molar-refractivity contribution in [2.75, 3.05) is 13.1 Å². The van der Waals surface area contributed by atoms with Crippen LogP contribution in [-0.2, 0) is 9.59 Å². The fourth-order valence-electron chi connectivity index (χ4n) is 2.60. The highest BCUT2D eigenvalue weighted by Gasteiger charge is 2.23. The molecule has 0 radical (unpaired) electrons. The molecule has 0 atom stereocenters. The summed E-state index contributed by atoms with van der Waals surface area (Å²) >= 11 is 0. The summed E-state index contributed by atoms with van der Waals surface area (Å²) in [4.78, 5) is 25.7. The van der Waals surface area contributed by atoms with E-state index in [1.807, 2.05) is 27.7 Å². The van der Waals surface area contributed by atoms with Gasteiger partial charge < -0.3 is 10.2 Å². The predicted octanol–water partition coefficient (Wildman–Crippen LogP) is 2.33. The molecular weight excluding hydrogens is 240 g/mol. The van der Waals surface area contributed by atoms with Gasteiger partial charge in [0.15, 0.2) is 0 Å². The molecule has 1 N–H and O–H groups in total. The van der Waals surface area contributed by atoms with E-state index in [0.717, 1.165) is 12.8 Å². The van der Waals surface area contributed by atoms with Crippen LogP contribution < -0.4 is 5.32 Å². The second-order valence-corrected chi connectivity index (χ2v) is 6.56. The Kier molecular flexibility index (Phi) is 5.83. The second-order valence-electron chi connectivity index (χ2n) is 6.56. The Hall–Kier alpha value is -1.06. The van der Waals surface area contributed by atoms with Crippen molar-refractivity contribution in [1.29, 1.82) is 0 Å². The van der Waals surface area contributed by atoms with Gasteiger partial charge in [0.05, 0.1) is 6.54 Å². The first kappa shape index (κ1) is 16.0. The Morgan fingerprint density at radius 1 is 1.21 bits per heavy atom. The van der Waals surface area contributed by atoms with E-state index in [1.165, 1.54) is 12.8 Å². The third kappa shape index (κ3) is 6.08. The van der Waals surface area contributed by atoms with Gasteiger partial charge in [-0.2, -0.15) is 0 Å². The molecule has 19 heavy (non-hydrogen) atoms. The Labute approximate surface area is 116 Å². The van der Waals surface area contributed by atoms with Crippen LogP contribution in [0.3, 0.4) is 0 Å². The van der Waals surface area contributed by atoms with Gasteiger partial charge in [-0.25, -0.2) is 0 Å². The van der Waals surface area contributed by atoms with Crippen molar-refractivity contribution in [3.8, 4) is 0 Å². The summed E-state index contributed by atoms with van der Waals surface area (Å²) in [6.07, 6.45) is 5.43. The van der Waals surface area contributed by atoms with Crippen LogP contribution in [0.1, 0.15) is 59.8 Å². The van der Waals surface area contributed by atoms with Gasteiger partial charge >= 0.3 is 0 Å². The van der Waals surface area contributed by atoms with Crippen molar-refractivity contribution >= 4 is 11.8 Å². The number of rotatable bonds is 5. The van der Waals surface area contributed by atoms with Gasteiger partial charge in [0.25, 0.3) is 0 Å². The zero-order valence-corrected chi connectivity index (χ0v) is 12.8. The van der Waals surface area contributed by atoms with Crippen LogP contribution in [0, 0.1) is 5.92 Å². The smallest absolute Gasteiger partial charge is 0.240 e. The number of nitrogens with zero attached hydrogens (tertiary/aromatic N) is 1. The van der Waals surface area contributed by atoms with E-state index in [-0.39, 0.29) is 23.9 Å². The molecule has 4 heteroatoms. The molecule has 4 nitrogen and oxygen atoms in total. The number of hydrogen-bond donors (Lipinski definition) is 1. The van der Waals surface area contributed by atoms with Crippen molar-refractivity contribution in [3.05, 3.63) is 0 Å². The highest BCUT2D eigenvalue weighted by molar-refractivity contribution is 5.85. The lowest BCUT2D eigenvalue weighted by Crippen LogP contribution is -2.47. The van der Waals surface area contributed by atoms with Gasteiger partial charge in [-0.1, -0.05) is 12.8 Å². The van der Waals surface area contributed by atoms with E-state index in [4.69, 9.17) is 0 Å². The second kappa shape index (κ2) is 6.92. The van der Waals surface area contributed by atoms with E-state index in [2.05, 4.69) is 5.32 Å². The summed E-state index contributed by atoms with van der Waals surface area (Å²) in [6, 6.07) is 0. The van der Waals surface area contributed by atoms with Crippen LogP contribution in [-0.4, -0.2) is 35.3 Å².